The van der Waals surface area contributed by atoms with Crippen LogP contribution in [-0.2, 0) is 13.0 Å². The highest BCUT2D eigenvalue weighted by molar-refractivity contribution is 5.93. The summed E-state index contributed by atoms with van der Waals surface area (Å²) in [7, 11) is 0. The van der Waals surface area contributed by atoms with Crippen LogP contribution >= 0.6 is 24.8 Å². The number of nitrogens with one attached hydrogen (secondary N) is 2. The van der Waals surface area contributed by atoms with Gasteiger partial charge in [0.15, 0.2) is 5.69 Å². The fourth-order valence-corrected chi connectivity index (χ4v) is 4.00. The topological polar surface area (TPSA) is 76.1 Å². The van der Waals surface area contributed by atoms with Gasteiger partial charge >= 0.3 is 0 Å². The Bertz CT molecular complexity index is 1040. The molecule has 2 N–H and O–H groups in total. The number of rotatable bonds is 9. The normalized spacial score (nSPS) is 13.3. The monoisotopic (exact) mass is 516 g/mol. The van der Waals surface area contributed by atoms with E-state index in [-0.39, 0.29) is 36.8 Å². The van der Waals surface area contributed by atoms with E-state index in [0.29, 0.717) is 12.3 Å². The number of carbonyl (C=O) groups excluding carboxylic acids is 1. The number of hydrogen-bond acceptors (Lipinski definition) is 5. The lowest BCUT2D eigenvalue weighted by Gasteiger charge is -2.23. The third-order valence-electron chi connectivity index (χ3n) is 5.96. The van der Waals surface area contributed by atoms with Crippen molar-refractivity contribution in [2.75, 3.05) is 13.1 Å². The minimum atomic E-state index is -0.152. The number of ether oxygens (including phenoxy) is 1. The number of aryl methyl sites for hydroxylation is 1. The molecule has 1 aromatic heterocycles. The molecule has 4 rings (SSSR count). The Labute approximate surface area is 220 Å². The number of carbonyl (C=O) groups is 1. The number of hydrogen-bond donors (Lipinski definition) is 2. The number of nitrogens with zero attached hydrogens (tertiary/aromatic N) is 2. The maximum absolute atomic E-state index is 12.8. The second kappa shape index (κ2) is 14.7. The number of piperidine rings is 1. The lowest BCUT2D eigenvalue weighted by molar-refractivity contribution is 0.0923. The van der Waals surface area contributed by atoms with Crippen molar-refractivity contribution in [2.24, 2.45) is 0 Å². The van der Waals surface area contributed by atoms with Crippen LogP contribution in [0.1, 0.15) is 54.4 Å². The van der Waals surface area contributed by atoms with Gasteiger partial charge in [0, 0.05) is 11.6 Å². The lowest BCUT2D eigenvalue weighted by Crippen LogP contribution is -2.43. The molecule has 0 unspecified atom stereocenters. The molecule has 0 radical (unpaired) electrons. The van der Waals surface area contributed by atoms with E-state index >= 15 is 0 Å². The summed E-state index contributed by atoms with van der Waals surface area (Å²) in [5, 5.41) is 15.1. The van der Waals surface area contributed by atoms with Crippen LogP contribution in [0.2, 0.25) is 0 Å². The van der Waals surface area contributed by atoms with E-state index in [1.807, 2.05) is 60.7 Å². The summed E-state index contributed by atoms with van der Waals surface area (Å²) in [6.45, 7) is 4.54. The van der Waals surface area contributed by atoms with Gasteiger partial charge in [-0.05, 0) is 68.1 Å². The van der Waals surface area contributed by atoms with Gasteiger partial charge < -0.3 is 15.4 Å². The van der Waals surface area contributed by atoms with Gasteiger partial charge in [0.2, 0.25) is 0 Å². The van der Waals surface area contributed by atoms with Crippen molar-refractivity contribution < 1.29 is 9.53 Å². The molecule has 1 aliphatic rings. The molecule has 0 saturated carbocycles. The molecule has 1 fully saturated rings. The van der Waals surface area contributed by atoms with Crippen molar-refractivity contribution in [3.63, 3.8) is 0 Å². The molecule has 35 heavy (non-hydrogen) atoms. The van der Waals surface area contributed by atoms with Gasteiger partial charge in [-0.2, -0.15) is 5.10 Å². The van der Waals surface area contributed by atoms with Crippen LogP contribution in [0, 0.1) is 0 Å². The summed E-state index contributed by atoms with van der Waals surface area (Å²) < 4.78 is 5.93. The van der Waals surface area contributed by atoms with E-state index in [9.17, 15) is 4.79 Å². The third-order valence-corrected chi connectivity index (χ3v) is 5.96. The first-order valence-corrected chi connectivity index (χ1v) is 11.9. The van der Waals surface area contributed by atoms with E-state index in [0.717, 1.165) is 73.3 Å². The number of benzene rings is 2. The van der Waals surface area contributed by atoms with Crippen LogP contribution in [0.25, 0.3) is 11.1 Å². The molecule has 1 saturated heterocycles. The second-order valence-electron chi connectivity index (χ2n) is 8.49. The Morgan fingerprint density at radius 3 is 2.43 bits per heavy atom. The fourth-order valence-electron chi connectivity index (χ4n) is 4.00. The van der Waals surface area contributed by atoms with Crippen molar-refractivity contribution in [2.45, 2.75) is 51.7 Å². The molecule has 2 aromatic carbocycles. The average molecular weight is 518 g/mol. The Kier molecular flexibility index (Phi) is 12.0. The van der Waals surface area contributed by atoms with Crippen LogP contribution in [0.15, 0.2) is 60.7 Å². The summed E-state index contributed by atoms with van der Waals surface area (Å²) in [5.74, 6) is 0.657. The van der Waals surface area contributed by atoms with Crippen molar-refractivity contribution in [1.29, 1.82) is 0 Å². The average Bonchev–Trinajstić information content (AvgIpc) is 2.87. The zero-order valence-corrected chi connectivity index (χ0v) is 21.7. The van der Waals surface area contributed by atoms with Gasteiger partial charge in [-0.25, -0.2) is 0 Å². The van der Waals surface area contributed by atoms with E-state index in [4.69, 9.17) is 4.74 Å². The van der Waals surface area contributed by atoms with Crippen molar-refractivity contribution in [3.05, 3.63) is 77.6 Å². The Hall–Kier alpha value is -2.67. The van der Waals surface area contributed by atoms with Crippen molar-refractivity contribution in [3.8, 4) is 16.9 Å². The van der Waals surface area contributed by atoms with Gasteiger partial charge in [-0.3, -0.25) is 4.79 Å². The van der Waals surface area contributed by atoms with Crippen LogP contribution in [0.5, 0.6) is 5.75 Å². The molecular weight excluding hydrogens is 483 g/mol. The van der Waals surface area contributed by atoms with E-state index in [2.05, 4.69) is 27.8 Å². The molecule has 0 bridgehead atoms. The largest absolute Gasteiger partial charge is 0.489 e. The molecular formula is C27H34Cl2N4O2. The van der Waals surface area contributed by atoms with E-state index < -0.39 is 0 Å². The fraction of sp³-hybridized carbons (Fsp3) is 0.370. The summed E-state index contributed by atoms with van der Waals surface area (Å²) >= 11 is 0. The molecule has 2 heterocycles. The first-order valence-electron chi connectivity index (χ1n) is 11.9. The zero-order chi connectivity index (χ0) is 22.9. The number of unbranched alkanes of at least 4 members (excludes halogenated alkanes) is 1. The minimum Gasteiger partial charge on any atom is -0.489 e. The van der Waals surface area contributed by atoms with Crippen molar-refractivity contribution in [1.82, 2.24) is 20.8 Å². The Morgan fingerprint density at radius 2 is 1.74 bits per heavy atom. The summed E-state index contributed by atoms with van der Waals surface area (Å²) in [4.78, 5) is 12.8. The van der Waals surface area contributed by atoms with Gasteiger partial charge in [0.25, 0.3) is 5.91 Å². The standard InChI is InChI=1S/C27H32N4O2.2ClH/c1-2-3-9-25-24(18-26(31-30-25)27(32)29-22-14-16-28-17-15-22)21-10-12-23(13-11-21)33-19-20-7-5-4-6-8-20;;/h4-8,10-13,18,22,28H,2-3,9,14-17,19H2,1H3,(H,29,32);2*1H. The molecule has 188 valence electrons. The molecule has 3 aromatic rings. The Morgan fingerprint density at radius 1 is 1.03 bits per heavy atom. The zero-order valence-electron chi connectivity index (χ0n) is 20.0. The van der Waals surface area contributed by atoms with Gasteiger partial charge in [-0.1, -0.05) is 55.8 Å². The van der Waals surface area contributed by atoms with Gasteiger partial charge in [0.05, 0.1) is 5.69 Å². The molecule has 0 spiro atoms. The van der Waals surface area contributed by atoms with Gasteiger partial charge in [0.1, 0.15) is 12.4 Å². The van der Waals surface area contributed by atoms with E-state index in [1.54, 1.807) is 0 Å². The first kappa shape index (κ1) is 28.6. The highest BCUT2D eigenvalue weighted by atomic mass is 35.5. The predicted octanol–water partition coefficient (Wildman–Crippen LogP) is 5.39. The summed E-state index contributed by atoms with van der Waals surface area (Å²) in [6.07, 6.45) is 4.81. The smallest absolute Gasteiger partial charge is 0.272 e. The van der Waals surface area contributed by atoms with Gasteiger partial charge in [-0.15, -0.1) is 29.9 Å². The highest BCUT2D eigenvalue weighted by Gasteiger charge is 2.19. The van der Waals surface area contributed by atoms with Crippen LogP contribution < -0.4 is 15.4 Å². The number of halogens is 2. The highest BCUT2D eigenvalue weighted by Crippen LogP contribution is 2.27. The van der Waals surface area contributed by atoms with Crippen LogP contribution in [-0.4, -0.2) is 35.2 Å². The number of aromatic nitrogens is 2. The first-order chi connectivity index (χ1) is 16.2. The summed E-state index contributed by atoms with van der Waals surface area (Å²) in [6, 6.07) is 20.2. The second-order valence-corrected chi connectivity index (χ2v) is 8.49. The molecule has 6 nitrogen and oxygen atoms in total. The van der Waals surface area contributed by atoms with E-state index in [1.165, 1.54) is 0 Å². The number of amides is 1. The lowest BCUT2D eigenvalue weighted by atomic mass is 10.00. The molecule has 1 amide bonds. The van der Waals surface area contributed by atoms with Crippen LogP contribution in [0.4, 0.5) is 0 Å². The third kappa shape index (κ3) is 8.20. The Balaban J connectivity index is 0.00000216. The predicted molar refractivity (Wildman–Crippen MR) is 145 cm³/mol. The molecule has 0 aliphatic carbocycles. The minimum absolute atomic E-state index is 0. The molecule has 0 atom stereocenters. The maximum atomic E-state index is 12.8. The maximum Gasteiger partial charge on any atom is 0.272 e. The summed E-state index contributed by atoms with van der Waals surface area (Å²) in [5.41, 5.74) is 4.40. The SMILES string of the molecule is CCCCc1nnc(C(=O)NC2CCNCC2)cc1-c1ccc(OCc2ccccc2)cc1.Cl.Cl. The van der Waals surface area contributed by atoms with Crippen molar-refractivity contribution >= 4 is 30.7 Å². The quantitative estimate of drug-likeness (QED) is 0.398. The molecule has 8 heteroatoms. The van der Waals surface area contributed by atoms with Crippen LogP contribution in [0.3, 0.4) is 0 Å². The molecule has 1 aliphatic heterocycles.